The molecule has 2 aromatic rings. The van der Waals surface area contributed by atoms with Gasteiger partial charge in [-0.15, -0.1) is 0 Å². The molecular weight excluding hydrogens is 340 g/mol. The van der Waals surface area contributed by atoms with Crippen molar-refractivity contribution < 1.29 is 13.2 Å². The molecule has 0 saturated carbocycles. The summed E-state index contributed by atoms with van der Waals surface area (Å²) in [5.41, 5.74) is 1.59. The van der Waals surface area contributed by atoms with Gasteiger partial charge in [0.15, 0.2) is 0 Å². The molecule has 0 bridgehead atoms. The van der Waals surface area contributed by atoms with Gasteiger partial charge in [0.2, 0.25) is 10.0 Å². The van der Waals surface area contributed by atoms with E-state index in [0.717, 1.165) is 12.2 Å². The van der Waals surface area contributed by atoms with Gasteiger partial charge in [0.05, 0.1) is 11.4 Å². The third-order valence-corrected chi connectivity index (χ3v) is 5.24. The molecule has 1 amide bonds. The smallest absolute Gasteiger partial charge is 0.254 e. The number of aryl methyl sites for hydroxylation is 2. The molecule has 136 valence electrons. The molecule has 1 aromatic heterocycles. The Kier molecular flexibility index (Phi) is 5.64. The molecule has 0 aliphatic heterocycles. The summed E-state index contributed by atoms with van der Waals surface area (Å²) in [5.74, 6) is 0.523. The summed E-state index contributed by atoms with van der Waals surface area (Å²) in [6, 6.07) is 3.06. The number of nitrogens with zero attached hydrogens (tertiary/aromatic N) is 3. The number of sulfonamides is 1. The Labute approximate surface area is 148 Å². The maximum Gasteiger partial charge on any atom is 0.254 e. The van der Waals surface area contributed by atoms with E-state index in [9.17, 15) is 13.2 Å². The highest BCUT2D eigenvalue weighted by Gasteiger charge is 2.21. The maximum absolute atomic E-state index is 13.0. The first-order valence-electron chi connectivity index (χ1n) is 8.04. The summed E-state index contributed by atoms with van der Waals surface area (Å²) < 4.78 is 25.5. The van der Waals surface area contributed by atoms with Crippen LogP contribution in [0.5, 0.6) is 0 Å². The summed E-state index contributed by atoms with van der Waals surface area (Å²) in [6.07, 6.45) is 4.28. The van der Waals surface area contributed by atoms with Gasteiger partial charge in [0, 0.05) is 31.5 Å². The van der Waals surface area contributed by atoms with Gasteiger partial charge in [0.1, 0.15) is 5.82 Å². The fourth-order valence-electron chi connectivity index (χ4n) is 2.67. The van der Waals surface area contributed by atoms with E-state index < -0.39 is 10.0 Å². The van der Waals surface area contributed by atoms with Crippen LogP contribution in [-0.4, -0.2) is 35.3 Å². The largest absolute Gasteiger partial charge is 0.337 e. The second-order valence-electron chi connectivity index (χ2n) is 6.14. The Bertz CT molecular complexity index is 887. The lowest BCUT2D eigenvalue weighted by molar-refractivity contribution is 0.0737. The highest BCUT2D eigenvalue weighted by atomic mass is 32.2. The zero-order chi connectivity index (χ0) is 18.8. The summed E-state index contributed by atoms with van der Waals surface area (Å²) in [4.78, 5) is 18.9. The maximum atomic E-state index is 13.0. The summed E-state index contributed by atoms with van der Waals surface area (Å²) >= 11 is 0. The van der Waals surface area contributed by atoms with E-state index in [4.69, 9.17) is 5.14 Å². The molecule has 0 atom stereocenters. The molecule has 8 heteroatoms. The monoisotopic (exact) mass is 364 g/mol. The summed E-state index contributed by atoms with van der Waals surface area (Å²) in [6.45, 7) is 6.33. The number of benzene rings is 1. The van der Waals surface area contributed by atoms with Crippen LogP contribution in [0.4, 0.5) is 0 Å². The Morgan fingerprint density at radius 2 is 2.00 bits per heavy atom. The average molecular weight is 364 g/mol. The lowest BCUT2D eigenvalue weighted by Crippen LogP contribution is -2.32. The molecule has 0 unspecified atom stereocenters. The van der Waals surface area contributed by atoms with Crippen molar-refractivity contribution in [3.8, 4) is 0 Å². The van der Waals surface area contributed by atoms with E-state index in [1.165, 1.54) is 6.07 Å². The zero-order valence-corrected chi connectivity index (χ0v) is 15.8. The topological polar surface area (TPSA) is 98.3 Å². The second kappa shape index (κ2) is 7.37. The van der Waals surface area contributed by atoms with Crippen LogP contribution in [0.2, 0.25) is 0 Å². The second-order valence-corrected chi connectivity index (χ2v) is 7.67. The van der Waals surface area contributed by atoms with Crippen molar-refractivity contribution in [2.75, 3.05) is 6.54 Å². The van der Waals surface area contributed by atoms with Gasteiger partial charge in [-0.05, 0) is 43.5 Å². The number of carbonyl (C=O) groups is 1. The molecule has 7 nitrogen and oxygen atoms in total. The van der Waals surface area contributed by atoms with Gasteiger partial charge in [-0.2, -0.15) is 0 Å². The van der Waals surface area contributed by atoms with Crippen molar-refractivity contribution >= 4 is 15.9 Å². The minimum atomic E-state index is -3.89. The molecule has 1 heterocycles. The lowest BCUT2D eigenvalue weighted by atomic mass is 10.1. The van der Waals surface area contributed by atoms with Crippen molar-refractivity contribution in [3.63, 3.8) is 0 Å². The molecule has 0 aliphatic carbocycles. The van der Waals surface area contributed by atoms with Crippen LogP contribution in [0.25, 0.3) is 0 Å². The van der Waals surface area contributed by atoms with Crippen molar-refractivity contribution in [2.24, 2.45) is 12.2 Å². The van der Waals surface area contributed by atoms with Crippen molar-refractivity contribution in [3.05, 3.63) is 47.0 Å². The number of rotatable bonds is 6. The van der Waals surface area contributed by atoms with E-state index in [1.54, 1.807) is 31.0 Å². The van der Waals surface area contributed by atoms with Gasteiger partial charge in [0.25, 0.3) is 5.91 Å². The molecule has 0 spiro atoms. The fourth-order valence-corrected chi connectivity index (χ4v) is 3.55. The third-order valence-electron chi connectivity index (χ3n) is 4.21. The van der Waals surface area contributed by atoms with Crippen molar-refractivity contribution in [1.29, 1.82) is 0 Å². The molecule has 1 aromatic carbocycles. The van der Waals surface area contributed by atoms with Gasteiger partial charge < -0.3 is 9.47 Å². The summed E-state index contributed by atoms with van der Waals surface area (Å²) in [7, 11) is -2.03. The Balaban J connectivity index is 2.42. The first-order chi connectivity index (χ1) is 11.6. The fraction of sp³-hybridized carbons (Fsp3) is 0.412. The molecule has 2 N–H and O–H groups in total. The molecule has 2 rings (SSSR count). The highest BCUT2D eigenvalue weighted by Crippen LogP contribution is 2.21. The number of imidazole rings is 1. The minimum absolute atomic E-state index is 0.00992. The van der Waals surface area contributed by atoms with Gasteiger partial charge in [-0.1, -0.05) is 6.92 Å². The van der Waals surface area contributed by atoms with E-state index in [2.05, 4.69) is 4.98 Å². The van der Waals surface area contributed by atoms with Crippen molar-refractivity contribution in [2.45, 2.75) is 38.6 Å². The van der Waals surface area contributed by atoms with Crippen LogP contribution < -0.4 is 5.14 Å². The highest BCUT2D eigenvalue weighted by molar-refractivity contribution is 7.89. The predicted molar refractivity (Wildman–Crippen MR) is 95.5 cm³/mol. The number of aromatic nitrogens is 2. The van der Waals surface area contributed by atoms with Gasteiger partial charge >= 0.3 is 0 Å². The van der Waals surface area contributed by atoms with Gasteiger partial charge in [-0.25, -0.2) is 18.5 Å². The van der Waals surface area contributed by atoms with Crippen LogP contribution >= 0.6 is 0 Å². The van der Waals surface area contributed by atoms with Gasteiger partial charge in [-0.3, -0.25) is 4.79 Å². The molecule has 25 heavy (non-hydrogen) atoms. The molecular formula is C17H24N4O3S. The Hall–Kier alpha value is -2.19. The molecule has 0 saturated heterocycles. The van der Waals surface area contributed by atoms with Crippen LogP contribution in [0.1, 0.15) is 40.7 Å². The van der Waals surface area contributed by atoms with E-state index >= 15 is 0 Å². The van der Waals surface area contributed by atoms with Crippen LogP contribution in [0.15, 0.2) is 29.4 Å². The standard InChI is InChI=1S/C17H24N4O3S/c1-5-7-21(11-16-19-6-8-20(16)4)17(22)14-9-12(2)13(3)15(10-14)25(18,23)24/h6,8-10H,5,7,11H2,1-4H3,(H2,18,23,24). The lowest BCUT2D eigenvalue weighted by Gasteiger charge is -2.23. The summed E-state index contributed by atoms with van der Waals surface area (Å²) in [5, 5.41) is 5.29. The van der Waals surface area contributed by atoms with Crippen LogP contribution in [0.3, 0.4) is 0 Å². The Morgan fingerprint density at radius 1 is 1.32 bits per heavy atom. The third kappa shape index (κ3) is 4.26. The van der Waals surface area contributed by atoms with E-state index in [1.807, 2.05) is 24.7 Å². The molecule has 0 fully saturated rings. The Morgan fingerprint density at radius 3 is 2.52 bits per heavy atom. The normalized spacial score (nSPS) is 11.6. The number of hydrogen-bond acceptors (Lipinski definition) is 4. The van der Waals surface area contributed by atoms with E-state index in [0.29, 0.717) is 29.8 Å². The van der Waals surface area contributed by atoms with Crippen LogP contribution in [0, 0.1) is 13.8 Å². The predicted octanol–water partition coefficient (Wildman–Crippen LogP) is 1.74. The molecule has 0 radical (unpaired) electrons. The number of hydrogen-bond donors (Lipinski definition) is 1. The van der Waals surface area contributed by atoms with E-state index in [-0.39, 0.29) is 10.8 Å². The SMILES string of the molecule is CCCN(Cc1nccn1C)C(=O)c1cc(C)c(C)c(S(N)(=O)=O)c1. The quantitative estimate of drug-likeness (QED) is 0.844. The number of nitrogens with two attached hydrogens (primary N) is 1. The number of carbonyl (C=O) groups excluding carboxylic acids is 1. The minimum Gasteiger partial charge on any atom is -0.337 e. The molecule has 0 aliphatic rings. The first kappa shape index (κ1) is 19.1. The first-order valence-corrected chi connectivity index (χ1v) is 9.59. The number of primary sulfonamides is 1. The zero-order valence-electron chi connectivity index (χ0n) is 15.0. The average Bonchev–Trinajstić information content (AvgIpc) is 2.92. The van der Waals surface area contributed by atoms with Crippen molar-refractivity contribution in [1.82, 2.24) is 14.5 Å². The van der Waals surface area contributed by atoms with Crippen LogP contribution in [-0.2, 0) is 23.6 Å². The number of amides is 1.